The van der Waals surface area contributed by atoms with Crippen molar-refractivity contribution in [3.8, 4) is 22.5 Å². The van der Waals surface area contributed by atoms with Gasteiger partial charge in [0.2, 0.25) is 0 Å². The molecule has 0 saturated heterocycles. The maximum absolute atomic E-state index is 4.89. The summed E-state index contributed by atoms with van der Waals surface area (Å²) in [5.74, 6) is 0.406. The lowest BCUT2D eigenvalue weighted by Gasteiger charge is -2.45. The van der Waals surface area contributed by atoms with E-state index in [4.69, 9.17) is 9.97 Å². The van der Waals surface area contributed by atoms with Gasteiger partial charge in [-0.1, -0.05) is 122 Å². The van der Waals surface area contributed by atoms with E-state index in [0.29, 0.717) is 5.92 Å². The number of benzene rings is 6. The van der Waals surface area contributed by atoms with Crippen molar-refractivity contribution in [1.29, 1.82) is 0 Å². The molecule has 0 amide bonds. The number of rotatable bonds is 7. The molecule has 0 spiro atoms. The monoisotopic (exact) mass is 757 g/mol. The van der Waals surface area contributed by atoms with E-state index in [2.05, 4.69) is 204 Å². The lowest BCUT2D eigenvalue weighted by molar-refractivity contribution is 0.696. The SMILES string of the molecule is CC1C=CC=C(N(c2ccccc2)c2cc3c4c(c2)N(c2ccccc2-c2ccccn2)c2ccccc2B4c2ccccc2N3c2ccccc2-c2ccccn2)C1. The molecule has 0 saturated carbocycles. The molecule has 6 heteroatoms. The Hall–Kier alpha value is -7.44. The van der Waals surface area contributed by atoms with Crippen LogP contribution in [-0.4, -0.2) is 16.7 Å². The van der Waals surface area contributed by atoms with E-state index in [-0.39, 0.29) is 6.71 Å². The minimum atomic E-state index is -0.0139. The van der Waals surface area contributed by atoms with Crippen molar-refractivity contribution >= 4 is 68.6 Å². The van der Waals surface area contributed by atoms with Crippen LogP contribution in [0.2, 0.25) is 0 Å². The summed E-state index contributed by atoms with van der Waals surface area (Å²) < 4.78 is 0. The molecular weight excluding hydrogens is 717 g/mol. The first kappa shape index (κ1) is 34.8. The van der Waals surface area contributed by atoms with Gasteiger partial charge in [0.1, 0.15) is 0 Å². The highest BCUT2D eigenvalue weighted by Gasteiger charge is 2.44. The van der Waals surface area contributed by atoms with E-state index >= 15 is 0 Å². The summed E-state index contributed by atoms with van der Waals surface area (Å²) in [7, 11) is 0. The number of hydrogen-bond acceptors (Lipinski definition) is 5. The molecular formula is C53H40BN5. The average Bonchev–Trinajstić information content (AvgIpc) is 3.30. The molecule has 0 fully saturated rings. The van der Waals surface area contributed by atoms with Crippen molar-refractivity contribution < 1.29 is 0 Å². The predicted octanol–water partition coefficient (Wildman–Crippen LogP) is 11.5. The lowest BCUT2D eigenvalue weighted by Crippen LogP contribution is -2.61. The van der Waals surface area contributed by atoms with Crippen LogP contribution in [-0.2, 0) is 0 Å². The summed E-state index contributed by atoms with van der Waals surface area (Å²) in [6.45, 7) is 2.29. The second-order valence-electron chi connectivity index (χ2n) is 15.5. The van der Waals surface area contributed by atoms with Crippen molar-refractivity contribution in [3.05, 3.63) is 212 Å². The zero-order valence-corrected chi connectivity index (χ0v) is 32.7. The minimum Gasteiger partial charge on any atom is -0.314 e. The molecule has 2 aliphatic heterocycles. The van der Waals surface area contributed by atoms with Gasteiger partial charge >= 0.3 is 0 Å². The largest absolute Gasteiger partial charge is 0.314 e. The number of nitrogens with zero attached hydrogens (tertiary/aromatic N) is 5. The molecule has 1 aliphatic carbocycles. The topological polar surface area (TPSA) is 35.5 Å². The first-order valence-corrected chi connectivity index (χ1v) is 20.4. The highest BCUT2D eigenvalue weighted by Crippen LogP contribution is 2.50. The van der Waals surface area contributed by atoms with Crippen molar-refractivity contribution in [2.45, 2.75) is 13.3 Å². The highest BCUT2D eigenvalue weighted by atomic mass is 15.2. The van der Waals surface area contributed by atoms with E-state index in [0.717, 1.165) is 74.4 Å². The number of fused-ring (bicyclic) bond motifs is 4. The zero-order valence-electron chi connectivity index (χ0n) is 32.7. The van der Waals surface area contributed by atoms with Gasteiger partial charge in [0.15, 0.2) is 0 Å². The first-order valence-electron chi connectivity index (χ1n) is 20.4. The van der Waals surface area contributed by atoms with Crippen LogP contribution in [0.5, 0.6) is 0 Å². The molecule has 59 heavy (non-hydrogen) atoms. The van der Waals surface area contributed by atoms with Gasteiger partial charge in [-0.25, -0.2) is 0 Å². The number of allylic oxidation sites excluding steroid dienone is 4. The molecule has 0 radical (unpaired) electrons. The number of hydrogen-bond donors (Lipinski definition) is 0. The molecule has 0 N–H and O–H groups in total. The Morgan fingerprint density at radius 2 is 1.00 bits per heavy atom. The van der Waals surface area contributed by atoms with Crippen LogP contribution in [0, 0.1) is 5.92 Å². The van der Waals surface area contributed by atoms with Gasteiger partial charge in [0.25, 0.3) is 6.71 Å². The summed E-state index contributed by atoms with van der Waals surface area (Å²) in [6, 6.07) is 63.4. The van der Waals surface area contributed by atoms with Gasteiger partial charge in [-0.05, 0) is 108 Å². The van der Waals surface area contributed by atoms with Crippen LogP contribution in [0.4, 0.5) is 45.5 Å². The third kappa shape index (κ3) is 5.87. The van der Waals surface area contributed by atoms with E-state index < -0.39 is 0 Å². The van der Waals surface area contributed by atoms with Crippen molar-refractivity contribution in [2.24, 2.45) is 5.92 Å². The Bertz CT molecular complexity index is 2750. The van der Waals surface area contributed by atoms with Crippen molar-refractivity contribution in [2.75, 3.05) is 14.7 Å². The number of anilines is 8. The maximum atomic E-state index is 4.89. The number of para-hydroxylation sites is 5. The molecule has 4 heterocycles. The fraction of sp³-hybridized carbons (Fsp3) is 0.0566. The fourth-order valence-corrected chi connectivity index (χ4v) is 9.39. The summed E-state index contributed by atoms with van der Waals surface area (Å²) in [6.07, 6.45) is 11.5. The van der Waals surface area contributed by atoms with E-state index in [1.165, 1.54) is 22.1 Å². The van der Waals surface area contributed by atoms with Crippen LogP contribution < -0.4 is 31.1 Å². The zero-order chi connectivity index (χ0) is 39.3. The molecule has 8 aromatic rings. The Morgan fingerprint density at radius 1 is 0.508 bits per heavy atom. The van der Waals surface area contributed by atoms with Gasteiger partial charge in [0.05, 0.1) is 22.8 Å². The molecule has 0 bridgehead atoms. The van der Waals surface area contributed by atoms with Crippen LogP contribution >= 0.6 is 0 Å². The normalized spacial score (nSPS) is 14.9. The summed E-state index contributed by atoms with van der Waals surface area (Å²) >= 11 is 0. The van der Waals surface area contributed by atoms with Crippen molar-refractivity contribution in [1.82, 2.24) is 9.97 Å². The fourth-order valence-electron chi connectivity index (χ4n) is 9.39. The third-order valence-corrected chi connectivity index (χ3v) is 11.9. The van der Waals surface area contributed by atoms with Gasteiger partial charge in [0, 0.05) is 63.3 Å². The average molecular weight is 758 g/mol. The van der Waals surface area contributed by atoms with Crippen LogP contribution in [0.25, 0.3) is 22.5 Å². The Morgan fingerprint density at radius 3 is 1.53 bits per heavy atom. The third-order valence-electron chi connectivity index (χ3n) is 11.9. The number of aromatic nitrogens is 2. The van der Waals surface area contributed by atoms with Gasteiger partial charge in [-0.15, -0.1) is 0 Å². The van der Waals surface area contributed by atoms with Gasteiger partial charge in [-0.2, -0.15) is 0 Å². The Labute approximate surface area is 346 Å². The highest BCUT2D eigenvalue weighted by molar-refractivity contribution is 7.00. The molecule has 11 rings (SSSR count). The van der Waals surface area contributed by atoms with E-state index in [1.807, 2.05) is 24.5 Å². The molecule has 1 atom stereocenters. The van der Waals surface area contributed by atoms with Crippen LogP contribution in [0.3, 0.4) is 0 Å². The molecule has 6 aromatic carbocycles. The maximum Gasteiger partial charge on any atom is 0.252 e. The van der Waals surface area contributed by atoms with Gasteiger partial charge in [-0.3, -0.25) is 9.97 Å². The smallest absolute Gasteiger partial charge is 0.252 e. The number of pyridine rings is 2. The minimum absolute atomic E-state index is 0.0139. The Kier molecular flexibility index (Phi) is 8.55. The van der Waals surface area contributed by atoms with E-state index in [9.17, 15) is 0 Å². The lowest BCUT2D eigenvalue weighted by atomic mass is 9.33. The second kappa shape index (κ2) is 14.5. The quantitative estimate of drug-likeness (QED) is 0.151. The molecule has 3 aliphatic rings. The second-order valence-corrected chi connectivity index (χ2v) is 15.5. The predicted molar refractivity (Wildman–Crippen MR) is 247 cm³/mol. The van der Waals surface area contributed by atoms with Crippen molar-refractivity contribution in [3.63, 3.8) is 0 Å². The molecule has 5 nitrogen and oxygen atoms in total. The molecule has 2 aromatic heterocycles. The summed E-state index contributed by atoms with van der Waals surface area (Å²) in [4.78, 5) is 17.2. The van der Waals surface area contributed by atoms with E-state index in [1.54, 1.807) is 0 Å². The molecule has 280 valence electrons. The van der Waals surface area contributed by atoms with Gasteiger partial charge < -0.3 is 14.7 Å². The summed E-state index contributed by atoms with van der Waals surface area (Å²) in [5, 5.41) is 0. The summed E-state index contributed by atoms with van der Waals surface area (Å²) in [5.41, 5.74) is 18.0. The standard InChI is InChI=1S/C53H40BN5/c1-37-18-17-21-39(34-37)57(38-19-3-2-4-20-38)40-35-51-53-52(36-40)59(48-29-10-6-23-42(48)46-27-14-16-33-56-46)50-31-12-8-25-44(50)54(53)43-24-7-11-30-49(43)58(51)47-28-9-5-22-41(47)45-26-13-15-32-55-45/h2-33,35-37H,34H2,1H3. The van der Waals surface area contributed by atoms with Crippen LogP contribution in [0.1, 0.15) is 13.3 Å². The molecule has 1 unspecified atom stereocenters. The Balaban J connectivity index is 1.27. The first-order chi connectivity index (χ1) is 29.2. The van der Waals surface area contributed by atoms with Crippen LogP contribution in [0.15, 0.2) is 212 Å².